The van der Waals surface area contributed by atoms with Gasteiger partial charge in [0.1, 0.15) is 5.65 Å². The molecular weight excluding hydrogens is 226 g/mol. The lowest BCUT2D eigenvalue weighted by Crippen LogP contribution is -2.13. The van der Waals surface area contributed by atoms with Crippen LogP contribution in [0, 0.1) is 0 Å². The van der Waals surface area contributed by atoms with Gasteiger partial charge in [0.15, 0.2) is 0 Å². The number of aromatic nitrogens is 2. The number of hydrogen-bond donors (Lipinski definition) is 2. The maximum absolute atomic E-state index is 11.7. The summed E-state index contributed by atoms with van der Waals surface area (Å²) in [4.78, 5) is 19.0. The Bertz CT molecular complexity index is 716. The van der Waals surface area contributed by atoms with E-state index in [9.17, 15) is 4.79 Å². The van der Waals surface area contributed by atoms with Crippen molar-refractivity contribution in [1.29, 1.82) is 0 Å². The minimum atomic E-state index is -0.444. The van der Waals surface area contributed by atoms with Crippen LogP contribution in [-0.2, 0) is 0 Å². The molecule has 2 aromatic heterocycles. The van der Waals surface area contributed by atoms with E-state index in [-0.39, 0.29) is 0 Å². The molecule has 2 heterocycles. The molecule has 1 aromatic carbocycles. The predicted octanol–water partition coefficient (Wildman–Crippen LogP) is 2.33. The van der Waals surface area contributed by atoms with E-state index >= 15 is 0 Å². The summed E-state index contributed by atoms with van der Waals surface area (Å²) in [5.41, 5.74) is 8.37. The number of fused-ring (bicyclic) bond motifs is 1. The summed E-state index contributed by atoms with van der Waals surface area (Å²) in [5.74, 6) is -0.444. The third-order valence-electron chi connectivity index (χ3n) is 2.92. The summed E-state index contributed by atoms with van der Waals surface area (Å²) >= 11 is 0. The van der Waals surface area contributed by atoms with Gasteiger partial charge >= 0.3 is 0 Å². The number of carbonyl (C=O) groups is 1. The molecule has 0 aliphatic carbocycles. The number of pyridine rings is 1. The highest BCUT2D eigenvalue weighted by Crippen LogP contribution is 2.27. The summed E-state index contributed by atoms with van der Waals surface area (Å²) in [6.45, 7) is 0. The van der Waals surface area contributed by atoms with Gasteiger partial charge in [-0.05, 0) is 11.6 Å². The fourth-order valence-corrected chi connectivity index (χ4v) is 2.11. The van der Waals surface area contributed by atoms with Crippen molar-refractivity contribution in [1.82, 2.24) is 9.97 Å². The van der Waals surface area contributed by atoms with Gasteiger partial charge in [-0.25, -0.2) is 4.98 Å². The third-order valence-corrected chi connectivity index (χ3v) is 2.92. The molecule has 0 spiro atoms. The second kappa shape index (κ2) is 4.00. The van der Waals surface area contributed by atoms with E-state index in [1.165, 1.54) is 0 Å². The highest BCUT2D eigenvalue weighted by molar-refractivity contribution is 6.10. The summed E-state index contributed by atoms with van der Waals surface area (Å²) in [6.07, 6.45) is 3.42. The molecule has 18 heavy (non-hydrogen) atoms. The van der Waals surface area contributed by atoms with Crippen molar-refractivity contribution in [3.8, 4) is 11.1 Å². The number of benzene rings is 1. The summed E-state index contributed by atoms with van der Waals surface area (Å²) in [5, 5.41) is 0.754. The molecule has 88 valence electrons. The summed E-state index contributed by atoms with van der Waals surface area (Å²) in [6, 6.07) is 11.4. The number of rotatable bonds is 2. The number of nitrogens with two attached hydrogens (primary N) is 1. The molecule has 0 saturated carbocycles. The van der Waals surface area contributed by atoms with Gasteiger partial charge in [-0.3, -0.25) is 4.79 Å². The highest BCUT2D eigenvalue weighted by Gasteiger charge is 2.15. The number of nitrogens with zero attached hydrogens (tertiary/aromatic N) is 1. The molecule has 0 saturated heterocycles. The number of nitrogens with one attached hydrogen (secondary N) is 1. The van der Waals surface area contributed by atoms with Gasteiger partial charge in [-0.15, -0.1) is 0 Å². The number of aromatic amines is 1. The van der Waals surface area contributed by atoms with Crippen molar-refractivity contribution in [2.45, 2.75) is 0 Å². The van der Waals surface area contributed by atoms with Gasteiger partial charge in [0.05, 0.1) is 5.56 Å². The molecule has 0 atom stereocenters. The lowest BCUT2D eigenvalue weighted by molar-refractivity contribution is 0.100. The van der Waals surface area contributed by atoms with E-state index in [4.69, 9.17) is 5.73 Å². The zero-order valence-corrected chi connectivity index (χ0v) is 9.55. The van der Waals surface area contributed by atoms with Crippen LogP contribution in [0.1, 0.15) is 10.4 Å². The number of H-pyrrole nitrogens is 1. The molecule has 0 radical (unpaired) electrons. The normalized spacial score (nSPS) is 10.7. The fourth-order valence-electron chi connectivity index (χ4n) is 2.11. The van der Waals surface area contributed by atoms with Crippen LogP contribution < -0.4 is 5.73 Å². The Labute approximate surface area is 103 Å². The predicted molar refractivity (Wildman–Crippen MR) is 70.0 cm³/mol. The first-order valence-electron chi connectivity index (χ1n) is 5.58. The van der Waals surface area contributed by atoms with Crippen molar-refractivity contribution in [3.63, 3.8) is 0 Å². The molecule has 0 fully saturated rings. The van der Waals surface area contributed by atoms with Gasteiger partial charge in [-0.1, -0.05) is 30.3 Å². The topological polar surface area (TPSA) is 71.8 Å². The smallest absolute Gasteiger partial charge is 0.250 e. The SMILES string of the molecule is NC(=O)c1c(-c2ccccc2)cnc2[nH]ccc12. The van der Waals surface area contributed by atoms with Crippen molar-refractivity contribution >= 4 is 16.9 Å². The van der Waals surface area contributed by atoms with Crippen molar-refractivity contribution in [3.05, 3.63) is 54.4 Å². The van der Waals surface area contributed by atoms with Crippen molar-refractivity contribution in [2.24, 2.45) is 5.73 Å². The van der Waals surface area contributed by atoms with Crippen LogP contribution in [0.5, 0.6) is 0 Å². The van der Waals surface area contributed by atoms with Gasteiger partial charge in [0.25, 0.3) is 0 Å². The first-order chi connectivity index (χ1) is 8.77. The molecule has 4 nitrogen and oxygen atoms in total. The zero-order chi connectivity index (χ0) is 12.5. The van der Waals surface area contributed by atoms with Crippen LogP contribution in [0.15, 0.2) is 48.8 Å². The fraction of sp³-hybridized carbons (Fsp3) is 0. The molecule has 4 heteroatoms. The van der Waals surface area contributed by atoms with Crippen LogP contribution in [0.2, 0.25) is 0 Å². The Morgan fingerprint density at radius 3 is 2.67 bits per heavy atom. The molecule has 3 aromatic rings. The van der Waals surface area contributed by atoms with Crippen molar-refractivity contribution < 1.29 is 4.79 Å². The minimum absolute atomic E-state index is 0.444. The Hall–Kier alpha value is -2.62. The van der Waals surface area contributed by atoms with E-state index in [1.807, 2.05) is 36.4 Å². The zero-order valence-electron chi connectivity index (χ0n) is 9.55. The number of amides is 1. The highest BCUT2D eigenvalue weighted by atomic mass is 16.1. The molecule has 0 unspecified atom stereocenters. The number of hydrogen-bond acceptors (Lipinski definition) is 2. The summed E-state index contributed by atoms with van der Waals surface area (Å²) in [7, 11) is 0. The van der Waals surface area contributed by atoms with Crippen LogP contribution >= 0.6 is 0 Å². The molecular formula is C14H11N3O. The van der Waals surface area contributed by atoms with Crippen LogP contribution in [0.4, 0.5) is 0 Å². The molecule has 0 aliphatic rings. The lowest BCUT2D eigenvalue weighted by Gasteiger charge is -2.07. The maximum atomic E-state index is 11.7. The van der Waals surface area contributed by atoms with E-state index < -0.39 is 5.91 Å². The average Bonchev–Trinajstić information content (AvgIpc) is 2.86. The van der Waals surface area contributed by atoms with E-state index in [0.29, 0.717) is 11.2 Å². The molecule has 3 rings (SSSR count). The Kier molecular flexibility index (Phi) is 2.34. The monoisotopic (exact) mass is 237 g/mol. The second-order valence-corrected chi connectivity index (χ2v) is 4.02. The lowest BCUT2D eigenvalue weighted by atomic mass is 9.99. The molecule has 1 amide bonds. The van der Waals surface area contributed by atoms with Gasteiger partial charge in [0.2, 0.25) is 5.91 Å². The quantitative estimate of drug-likeness (QED) is 0.718. The molecule has 3 N–H and O–H groups in total. The van der Waals surface area contributed by atoms with Gasteiger partial charge in [-0.2, -0.15) is 0 Å². The van der Waals surface area contributed by atoms with E-state index in [0.717, 1.165) is 16.5 Å². The third kappa shape index (κ3) is 1.55. The van der Waals surface area contributed by atoms with Crippen molar-refractivity contribution in [2.75, 3.05) is 0 Å². The van der Waals surface area contributed by atoms with Crippen LogP contribution in [0.25, 0.3) is 22.2 Å². The second-order valence-electron chi connectivity index (χ2n) is 4.02. The van der Waals surface area contributed by atoms with E-state index in [2.05, 4.69) is 9.97 Å². The van der Waals surface area contributed by atoms with Gasteiger partial charge < -0.3 is 10.7 Å². The summed E-state index contributed by atoms with van der Waals surface area (Å²) < 4.78 is 0. The number of carbonyl (C=O) groups excluding carboxylic acids is 1. The first-order valence-corrected chi connectivity index (χ1v) is 5.58. The molecule has 0 bridgehead atoms. The van der Waals surface area contributed by atoms with Crippen LogP contribution in [0.3, 0.4) is 0 Å². The average molecular weight is 237 g/mol. The largest absolute Gasteiger partial charge is 0.366 e. The number of primary amides is 1. The standard InChI is InChI=1S/C14H11N3O/c15-13(18)12-10-6-7-16-14(10)17-8-11(12)9-4-2-1-3-5-9/h1-8H,(H2,15,18)(H,16,17). The minimum Gasteiger partial charge on any atom is -0.366 e. The van der Waals surface area contributed by atoms with Gasteiger partial charge in [0, 0.05) is 23.3 Å². The Morgan fingerprint density at radius 1 is 1.17 bits per heavy atom. The van der Waals surface area contributed by atoms with Crippen LogP contribution in [-0.4, -0.2) is 15.9 Å². The first kappa shape index (κ1) is 10.5. The maximum Gasteiger partial charge on any atom is 0.250 e. The Morgan fingerprint density at radius 2 is 1.94 bits per heavy atom. The Balaban J connectivity index is 2.35. The van der Waals surface area contributed by atoms with E-state index in [1.54, 1.807) is 12.4 Å². The molecule has 0 aliphatic heterocycles.